The van der Waals surface area contributed by atoms with Gasteiger partial charge >= 0.3 is 0 Å². The molecule has 0 saturated heterocycles. The monoisotopic (exact) mass is 542 g/mol. The summed E-state index contributed by atoms with van der Waals surface area (Å²) in [6.07, 6.45) is 15.0. The number of allylic oxidation sites excluding steroid dienone is 4. The summed E-state index contributed by atoms with van der Waals surface area (Å²) in [6.45, 7) is 4.81. The Labute approximate surface area is 249 Å². The molecule has 3 aliphatic carbocycles. The van der Waals surface area contributed by atoms with Crippen molar-refractivity contribution < 1.29 is 0 Å². The molecule has 3 aliphatic rings. The maximum atomic E-state index is 2.60. The molecule has 0 amide bonds. The molecule has 0 spiro atoms. The van der Waals surface area contributed by atoms with E-state index in [-0.39, 0.29) is 0 Å². The van der Waals surface area contributed by atoms with Crippen LogP contribution in [0.25, 0.3) is 55.4 Å². The van der Waals surface area contributed by atoms with Crippen LogP contribution >= 0.6 is 0 Å². The second-order valence-corrected chi connectivity index (χ2v) is 13.0. The second kappa shape index (κ2) is 10.3. The van der Waals surface area contributed by atoms with Crippen LogP contribution in [0.1, 0.15) is 39.5 Å². The first-order valence-corrected chi connectivity index (χ1v) is 15.9. The molecular formula is C42H38. The van der Waals surface area contributed by atoms with E-state index in [1.165, 1.54) is 73.5 Å². The minimum Gasteiger partial charge on any atom is -0.0842 e. The summed E-state index contributed by atoms with van der Waals surface area (Å²) in [5.41, 5.74) is 8.48. The Morgan fingerprint density at radius 1 is 0.690 bits per heavy atom. The summed E-state index contributed by atoms with van der Waals surface area (Å²) in [5.74, 6) is 2.77. The lowest BCUT2D eigenvalue weighted by Gasteiger charge is -2.42. The van der Waals surface area contributed by atoms with Crippen LogP contribution in [0.5, 0.6) is 0 Å². The molecule has 0 saturated carbocycles. The standard InChI is InChI=1S/C42H38/c1-27(2)25-39-30-16-7-6-15-29(30)26-40-31-21-12-22-34(32(31)23-24-33(39)40)42-37-19-10-8-17-35(37)41(28-13-4-3-5-14-28)36-18-9-11-20-38(36)42/h3-6,8-15,17-23,26-27,30,33,39H,7,16,24-25H2,1-2H3. The molecule has 0 heteroatoms. The molecule has 5 aromatic rings. The first-order valence-electron chi connectivity index (χ1n) is 15.9. The van der Waals surface area contributed by atoms with Crippen molar-refractivity contribution in [1.29, 1.82) is 0 Å². The minimum atomic E-state index is 0.615. The van der Waals surface area contributed by atoms with Gasteiger partial charge in [0.05, 0.1) is 0 Å². The van der Waals surface area contributed by atoms with Crippen LogP contribution in [-0.2, 0) is 0 Å². The van der Waals surface area contributed by atoms with Crippen LogP contribution in [0.15, 0.2) is 121 Å². The summed E-state index contributed by atoms with van der Waals surface area (Å²) >= 11 is 0. The number of rotatable bonds is 4. The molecule has 42 heavy (non-hydrogen) atoms. The Morgan fingerprint density at radius 3 is 2.05 bits per heavy atom. The van der Waals surface area contributed by atoms with Gasteiger partial charge in [-0.15, -0.1) is 0 Å². The molecular weight excluding hydrogens is 504 g/mol. The molecule has 0 heterocycles. The number of benzene rings is 5. The molecule has 0 aliphatic heterocycles. The number of hydrogen-bond donors (Lipinski definition) is 0. The van der Waals surface area contributed by atoms with Gasteiger partial charge in [-0.05, 0) is 115 Å². The zero-order valence-electron chi connectivity index (χ0n) is 24.7. The van der Waals surface area contributed by atoms with E-state index in [4.69, 9.17) is 0 Å². The van der Waals surface area contributed by atoms with E-state index < -0.39 is 0 Å². The normalized spacial score (nSPS) is 21.1. The zero-order chi connectivity index (χ0) is 28.2. The Balaban J connectivity index is 1.44. The van der Waals surface area contributed by atoms with E-state index in [1.54, 1.807) is 11.1 Å². The number of hydrogen-bond acceptors (Lipinski definition) is 0. The third kappa shape index (κ3) is 4.03. The summed E-state index contributed by atoms with van der Waals surface area (Å²) in [5, 5.41) is 8.18. The lowest BCUT2D eigenvalue weighted by atomic mass is 9.62. The Morgan fingerprint density at radius 2 is 1.36 bits per heavy atom. The topological polar surface area (TPSA) is 0 Å². The molecule has 3 atom stereocenters. The van der Waals surface area contributed by atoms with E-state index in [1.807, 2.05) is 0 Å². The first-order chi connectivity index (χ1) is 20.7. The summed E-state index contributed by atoms with van der Waals surface area (Å²) in [7, 11) is 0. The average Bonchev–Trinajstić information content (AvgIpc) is 3.03. The molecule has 0 radical (unpaired) electrons. The van der Waals surface area contributed by atoms with Gasteiger partial charge in [0, 0.05) is 0 Å². The van der Waals surface area contributed by atoms with Gasteiger partial charge in [0.15, 0.2) is 0 Å². The van der Waals surface area contributed by atoms with E-state index >= 15 is 0 Å². The maximum Gasteiger partial charge on any atom is -0.00202 e. The van der Waals surface area contributed by atoms with Gasteiger partial charge in [-0.1, -0.05) is 135 Å². The van der Waals surface area contributed by atoms with Crippen molar-refractivity contribution >= 4 is 33.2 Å². The molecule has 8 rings (SSSR count). The molecule has 0 nitrogen and oxygen atoms in total. The average molecular weight is 543 g/mol. The van der Waals surface area contributed by atoms with Crippen molar-refractivity contribution in [3.05, 3.63) is 131 Å². The smallest absolute Gasteiger partial charge is 0.00202 e. The third-order valence-electron chi connectivity index (χ3n) is 10.1. The third-order valence-corrected chi connectivity index (χ3v) is 10.1. The molecule has 206 valence electrons. The van der Waals surface area contributed by atoms with E-state index in [0.29, 0.717) is 11.8 Å². The van der Waals surface area contributed by atoms with Crippen molar-refractivity contribution in [3.63, 3.8) is 0 Å². The minimum absolute atomic E-state index is 0.615. The highest BCUT2D eigenvalue weighted by Gasteiger charge is 2.38. The molecule has 5 aromatic carbocycles. The van der Waals surface area contributed by atoms with Crippen LogP contribution in [0.4, 0.5) is 0 Å². The molecule has 0 aromatic heterocycles. The van der Waals surface area contributed by atoms with Crippen molar-refractivity contribution in [2.75, 3.05) is 0 Å². The predicted octanol–water partition coefficient (Wildman–Crippen LogP) is 9.85. The van der Waals surface area contributed by atoms with E-state index in [9.17, 15) is 0 Å². The maximum absolute atomic E-state index is 2.60. The van der Waals surface area contributed by atoms with Gasteiger partial charge in [0.25, 0.3) is 0 Å². The molecule has 3 unspecified atom stereocenters. The quantitative estimate of drug-likeness (QED) is 0.198. The lowest BCUT2D eigenvalue weighted by Crippen LogP contribution is -2.40. The fraction of sp³-hybridized carbons (Fsp3) is 0.238. The van der Waals surface area contributed by atoms with Gasteiger partial charge < -0.3 is 0 Å². The predicted molar refractivity (Wildman–Crippen MR) is 180 cm³/mol. The Kier molecular flexibility index (Phi) is 6.25. The highest BCUT2D eigenvalue weighted by atomic mass is 14.4. The number of fused-ring (bicyclic) bond motifs is 5. The second-order valence-electron chi connectivity index (χ2n) is 13.0. The first kappa shape index (κ1) is 25.5. The summed E-state index contributed by atoms with van der Waals surface area (Å²) in [6, 6.07) is 36.1. The lowest BCUT2D eigenvalue weighted by molar-refractivity contribution is 0.238. The van der Waals surface area contributed by atoms with Crippen molar-refractivity contribution in [2.45, 2.75) is 39.5 Å². The molecule has 0 N–H and O–H groups in total. The fourth-order valence-corrected chi connectivity index (χ4v) is 8.49. The van der Waals surface area contributed by atoms with Crippen LogP contribution in [0, 0.1) is 23.7 Å². The van der Waals surface area contributed by atoms with Crippen LogP contribution in [0.2, 0.25) is 0 Å². The van der Waals surface area contributed by atoms with Crippen molar-refractivity contribution in [3.8, 4) is 22.3 Å². The van der Waals surface area contributed by atoms with Crippen LogP contribution in [-0.4, -0.2) is 0 Å². The van der Waals surface area contributed by atoms with E-state index in [2.05, 4.69) is 135 Å². The van der Waals surface area contributed by atoms with Gasteiger partial charge in [-0.3, -0.25) is 0 Å². The highest BCUT2D eigenvalue weighted by Crippen LogP contribution is 2.48. The van der Waals surface area contributed by atoms with E-state index in [0.717, 1.165) is 18.3 Å². The summed E-state index contributed by atoms with van der Waals surface area (Å²) in [4.78, 5) is 0. The van der Waals surface area contributed by atoms with Crippen molar-refractivity contribution in [1.82, 2.24) is 0 Å². The largest absolute Gasteiger partial charge is 0.0842 e. The highest BCUT2D eigenvalue weighted by molar-refractivity contribution is 6.21. The Bertz CT molecular complexity index is 1960. The Hall–Kier alpha value is -4.16. The summed E-state index contributed by atoms with van der Waals surface area (Å²) < 4.78 is 0. The van der Waals surface area contributed by atoms with Crippen LogP contribution in [0.3, 0.4) is 0 Å². The van der Waals surface area contributed by atoms with Gasteiger partial charge in [-0.2, -0.15) is 0 Å². The molecule has 0 bridgehead atoms. The fourth-order valence-electron chi connectivity index (χ4n) is 8.49. The van der Waals surface area contributed by atoms with Crippen LogP contribution < -0.4 is 10.4 Å². The molecule has 0 fully saturated rings. The van der Waals surface area contributed by atoms with Gasteiger partial charge in [0.2, 0.25) is 0 Å². The van der Waals surface area contributed by atoms with Crippen molar-refractivity contribution in [2.24, 2.45) is 23.7 Å². The SMILES string of the molecule is CC(C)CC1C2CCC=CC2=CC2=c3cccc(-c4c5ccccc5c(-c5ccccc5)c5ccccc45)c3=CCC21. The van der Waals surface area contributed by atoms with Gasteiger partial charge in [-0.25, -0.2) is 0 Å². The van der Waals surface area contributed by atoms with Gasteiger partial charge in [0.1, 0.15) is 0 Å². The zero-order valence-corrected chi connectivity index (χ0v) is 24.7.